The van der Waals surface area contributed by atoms with Crippen molar-refractivity contribution < 1.29 is 39.2 Å². The van der Waals surface area contributed by atoms with E-state index in [0.717, 1.165) is 24.0 Å². The maximum Gasteiger partial charge on any atom is 0.330 e. The molecular weight excluding hydrogens is 584 g/mol. The van der Waals surface area contributed by atoms with Gasteiger partial charge in [-0.15, -0.1) is 0 Å². The van der Waals surface area contributed by atoms with Crippen LogP contribution in [-0.2, 0) is 27.2 Å². The molecule has 46 heavy (non-hydrogen) atoms. The molecule has 1 aromatic carbocycles. The fraction of sp³-hybridized carbons (Fsp3) is 0.500. The Kier molecular flexibility index (Phi) is 8.52. The predicted molar refractivity (Wildman–Crippen MR) is 175 cm³/mol. The molecule has 4 bridgehead atoms. The first kappa shape index (κ1) is 33.5. The zero-order valence-corrected chi connectivity index (χ0v) is 28.2. The van der Waals surface area contributed by atoms with Crippen LogP contribution < -0.4 is 4.74 Å². The Morgan fingerprint density at radius 2 is 1.59 bits per heavy atom. The van der Waals surface area contributed by atoms with E-state index in [0.29, 0.717) is 12.0 Å². The van der Waals surface area contributed by atoms with Crippen molar-refractivity contribution in [2.24, 2.45) is 11.8 Å². The minimum Gasteiger partial charge on any atom is -0.507 e. The molecule has 1 spiro atoms. The summed E-state index contributed by atoms with van der Waals surface area (Å²) in [5.74, 6) is -3.33. The third-order valence-electron chi connectivity index (χ3n) is 10.2. The molecule has 0 radical (unpaired) electrons. The first-order chi connectivity index (χ1) is 21.5. The van der Waals surface area contributed by atoms with Crippen LogP contribution in [0, 0.1) is 11.8 Å². The number of carboxylic acids is 1. The predicted octanol–water partition coefficient (Wildman–Crippen LogP) is 7.27. The summed E-state index contributed by atoms with van der Waals surface area (Å²) in [7, 11) is 0. The van der Waals surface area contributed by atoms with Gasteiger partial charge >= 0.3 is 5.97 Å². The number of ketones is 2. The largest absolute Gasteiger partial charge is 0.507 e. The summed E-state index contributed by atoms with van der Waals surface area (Å²) in [5.41, 5.74) is 0.0623. The van der Waals surface area contributed by atoms with Gasteiger partial charge < -0.3 is 24.8 Å². The van der Waals surface area contributed by atoms with E-state index in [4.69, 9.17) is 9.47 Å². The van der Waals surface area contributed by atoms with Gasteiger partial charge in [0, 0.05) is 40.5 Å². The second-order valence-corrected chi connectivity index (χ2v) is 14.4. The molecule has 1 aromatic rings. The number of allylic oxidation sites excluding steroid dienone is 7. The highest BCUT2D eigenvalue weighted by Crippen LogP contribution is 2.68. The van der Waals surface area contributed by atoms with Crippen LogP contribution in [0.15, 0.2) is 58.2 Å². The van der Waals surface area contributed by atoms with E-state index >= 15 is 0 Å². The topological polar surface area (TPSA) is 130 Å². The lowest BCUT2D eigenvalue weighted by molar-refractivity contribution is -0.171. The van der Waals surface area contributed by atoms with Crippen LogP contribution in [0.2, 0.25) is 0 Å². The minimum absolute atomic E-state index is 0.0259. The van der Waals surface area contributed by atoms with Crippen molar-refractivity contribution in [1.82, 2.24) is 0 Å². The van der Waals surface area contributed by atoms with Gasteiger partial charge in [-0.1, -0.05) is 47.1 Å². The van der Waals surface area contributed by atoms with E-state index in [1.165, 1.54) is 18.6 Å². The molecule has 2 fully saturated rings. The van der Waals surface area contributed by atoms with Gasteiger partial charge in [-0.25, -0.2) is 4.79 Å². The number of carbonyl (C=O) groups is 3. The highest BCUT2D eigenvalue weighted by Gasteiger charge is 2.81. The van der Waals surface area contributed by atoms with Crippen LogP contribution >= 0.6 is 0 Å². The molecule has 0 amide bonds. The Labute approximate surface area is 271 Å². The number of rotatable bonds is 10. The summed E-state index contributed by atoms with van der Waals surface area (Å²) in [6, 6.07) is 0. The third-order valence-corrected chi connectivity index (χ3v) is 10.2. The molecule has 8 heteroatoms. The van der Waals surface area contributed by atoms with Gasteiger partial charge in [-0.2, -0.15) is 0 Å². The van der Waals surface area contributed by atoms with Crippen LogP contribution in [0.3, 0.4) is 0 Å². The summed E-state index contributed by atoms with van der Waals surface area (Å²) < 4.78 is 13.6. The Hall–Kier alpha value is -3.91. The van der Waals surface area contributed by atoms with Crippen LogP contribution in [0.4, 0.5) is 0 Å². The van der Waals surface area contributed by atoms with Crippen molar-refractivity contribution in [3.8, 4) is 17.2 Å². The molecule has 4 atom stereocenters. The van der Waals surface area contributed by atoms with Crippen LogP contribution in [0.1, 0.15) is 103 Å². The standard InChI is InChI=1S/C38H46O8/c1-20(2)10-9-11-22(5)13-15-25-30(39)26(14-12-21(3)4)33-29(31(25)40)32(41)27-18-24-19-28-36(7,8)46-37(34(24)42,38(27,28)45-33)17-16-23(6)35(43)44/h10,12-13,16,18,24,28,39-40H,9,11,14-15,17,19H2,1-8H3,(H,43,44)/b22-13-,23-16-/t24-,28+,37-,38-/m1/s1. The van der Waals surface area contributed by atoms with E-state index in [-0.39, 0.29) is 64.6 Å². The van der Waals surface area contributed by atoms with Crippen molar-refractivity contribution in [3.05, 3.63) is 74.9 Å². The number of aliphatic carboxylic acids is 1. The fourth-order valence-corrected chi connectivity index (χ4v) is 7.80. The molecule has 5 aliphatic rings. The molecule has 246 valence electrons. The average molecular weight is 631 g/mol. The highest BCUT2D eigenvalue weighted by atomic mass is 16.6. The number of benzene rings is 1. The van der Waals surface area contributed by atoms with E-state index < -0.39 is 40.4 Å². The highest BCUT2D eigenvalue weighted by molar-refractivity contribution is 6.18. The van der Waals surface area contributed by atoms with E-state index in [1.54, 1.807) is 6.08 Å². The monoisotopic (exact) mass is 630 g/mol. The van der Waals surface area contributed by atoms with Gasteiger partial charge in [0.05, 0.1) is 5.60 Å². The zero-order valence-electron chi connectivity index (χ0n) is 28.2. The number of hydrogen-bond donors (Lipinski definition) is 3. The number of ether oxygens (including phenoxy) is 2. The van der Waals surface area contributed by atoms with Gasteiger partial charge in [-0.3, -0.25) is 9.59 Å². The number of phenols is 2. The second kappa shape index (κ2) is 11.7. The molecule has 0 unspecified atom stereocenters. The third kappa shape index (κ3) is 5.05. The number of fused-ring (bicyclic) bond motifs is 1. The molecular formula is C38H46O8. The summed E-state index contributed by atoms with van der Waals surface area (Å²) in [6.07, 6.45) is 11.6. The van der Waals surface area contributed by atoms with Crippen molar-refractivity contribution in [2.75, 3.05) is 0 Å². The zero-order chi connectivity index (χ0) is 33.9. The van der Waals surface area contributed by atoms with E-state index in [1.807, 2.05) is 46.8 Å². The van der Waals surface area contributed by atoms with Gasteiger partial charge in [0.15, 0.2) is 22.8 Å². The van der Waals surface area contributed by atoms with Gasteiger partial charge in [0.25, 0.3) is 0 Å². The van der Waals surface area contributed by atoms with E-state index in [9.17, 15) is 29.7 Å². The summed E-state index contributed by atoms with van der Waals surface area (Å²) in [6.45, 7) is 15.2. The molecule has 3 aliphatic carbocycles. The molecule has 8 nitrogen and oxygen atoms in total. The van der Waals surface area contributed by atoms with Crippen LogP contribution in [0.25, 0.3) is 0 Å². The Bertz CT molecular complexity index is 1670. The van der Waals surface area contributed by atoms with Crippen molar-refractivity contribution in [3.63, 3.8) is 0 Å². The smallest absolute Gasteiger partial charge is 0.330 e. The van der Waals surface area contributed by atoms with Crippen LogP contribution in [0.5, 0.6) is 17.2 Å². The maximum absolute atomic E-state index is 14.7. The Balaban J connectivity index is 1.71. The maximum atomic E-state index is 14.7. The van der Waals surface area contributed by atoms with Gasteiger partial charge in [-0.05, 0) is 87.5 Å². The van der Waals surface area contributed by atoms with Crippen LogP contribution in [-0.4, -0.2) is 49.7 Å². The molecule has 2 heterocycles. The molecule has 0 aromatic heterocycles. The van der Waals surface area contributed by atoms with Gasteiger partial charge in [0.1, 0.15) is 22.8 Å². The number of hydrogen-bond acceptors (Lipinski definition) is 7. The van der Waals surface area contributed by atoms with Crippen molar-refractivity contribution >= 4 is 17.5 Å². The van der Waals surface area contributed by atoms with Crippen molar-refractivity contribution in [1.29, 1.82) is 0 Å². The van der Waals surface area contributed by atoms with Gasteiger partial charge in [0.2, 0.25) is 0 Å². The SMILES string of the molecule is CC(C)=CCC/C(C)=C\Cc1c(O)c(CC=C(C)C)c2c(c1O)C(=O)C1=C[C@@H]3C[C@H]4C(C)(C)O[C@](C/C=C(/C)C(=O)O)(C3=O)[C@@]14O2. The number of carboxylic acid groups (broad SMARTS) is 1. The molecule has 1 saturated heterocycles. The number of carbonyl (C=O) groups excluding carboxylic acids is 2. The Morgan fingerprint density at radius 3 is 2.22 bits per heavy atom. The average Bonchev–Trinajstić information content (AvgIpc) is 3.12. The lowest BCUT2D eigenvalue weighted by Crippen LogP contribution is -2.72. The lowest BCUT2D eigenvalue weighted by atomic mass is 9.51. The lowest BCUT2D eigenvalue weighted by Gasteiger charge is -2.56. The number of aromatic hydroxyl groups is 2. The molecule has 2 aliphatic heterocycles. The minimum atomic E-state index is -1.67. The molecule has 3 N–H and O–H groups in total. The fourth-order valence-electron chi connectivity index (χ4n) is 7.80. The summed E-state index contributed by atoms with van der Waals surface area (Å²) >= 11 is 0. The number of phenolic OH excluding ortho intramolecular Hbond substituents is 2. The summed E-state index contributed by atoms with van der Waals surface area (Å²) in [5, 5.41) is 33.0. The summed E-state index contributed by atoms with van der Waals surface area (Å²) in [4.78, 5) is 40.6. The first-order valence-corrected chi connectivity index (χ1v) is 16.1. The first-order valence-electron chi connectivity index (χ1n) is 16.1. The van der Waals surface area contributed by atoms with Crippen molar-refractivity contribution in [2.45, 2.75) is 111 Å². The molecule has 1 saturated carbocycles. The molecule has 6 rings (SSSR count). The second-order valence-electron chi connectivity index (χ2n) is 14.4. The normalized spacial score (nSPS) is 27.4. The number of Topliss-reactive ketones (excluding diaryl/α,β-unsaturated/α-hetero) is 2. The quantitative estimate of drug-likeness (QED) is 0.182. The van der Waals surface area contributed by atoms with E-state index in [2.05, 4.69) is 19.9 Å². The Morgan fingerprint density at radius 1 is 0.935 bits per heavy atom.